The van der Waals surface area contributed by atoms with Crippen LogP contribution in [0, 0.1) is 24.7 Å². The lowest BCUT2D eigenvalue weighted by Gasteiger charge is -2.35. The summed E-state index contributed by atoms with van der Waals surface area (Å²) in [6.07, 6.45) is 2.51. The topological polar surface area (TPSA) is 49.4 Å². The van der Waals surface area contributed by atoms with E-state index >= 15 is 0 Å². The van der Waals surface area contributed by atoms with Crippen LogP contribution < -0.4 is 4.72 Å². The molecule has 3 aliphatic heterocycles. The molecule has 3 heterocycles. The Labute approximate surface area is 120 Å². The van der Waals surface area contributed by atoms with Crippen molar-refractivity contribution in [3.8, 4) is 0 Å². The molecular weight excluding hydrogens is 272 g/mol. The molecule has 0 aromatic heterocycles. The summed E-state index contributed by atoms with van der Waals surface area (Å²) < 4.78 is 28.0. The van der Waals surface area contributed by atoms with Crippen molar-refractivity contribution >= 4 is 10.0 Å². The third-order valence-corrected chi connectivity index (χ3v) is 6.66. The van der Waals surface area contributed by atoms with Crippen molar-refractivity contribution in [3.63, 3.8) is 0 Å². The van der Waals surface area contributed by atoms with Crippen LogP contribution >= 0.6 is 0 Å². The monoisotopic (exact) mass is 292 g/mol. The van der Waals surface area contributed by atoms with E-state index in [-0.39, 0.29) is 6.17 Å². The van der Waals surface area contributed by atoms with Crippen molar-refractivity contribution in [1.29, 1.82) is 0 Å². The minimum Gasteiger partial charge on any atom is -0.286 e. The normalized spacial score (nSPS) is 38.5. The predicted octanol–water partition coefficient (Wildman–Crippen LogP) is 1.57. The Morgan fingerprint density at radius 1 is 1.15 bits per heavy atom. The van der Waals surface area contributed by atoms with Crippen LogP contribution in [-0.2, 0) is 10.0 Å². The Morgan fingerprint density at radius 2 is 1.90 bits per heavy atom. The van der Waals surface area contributed by atoms with E-state index in [2.05, 4.69) is 9.62 Å². The van der Waals surface area contributed by atoms with Crippen molar-refractivity contribution in [2.24, 2.45) is 17.8 Å². The van der Waals surface area contributed by atoms with Crippen molar-refractivity contribution in [3.05, 3.63) is 29.8 Å². The Bertz CT molecular complexity index is 622. The van der Waals surface area contributed by atoms with Crippen LogP contribution in [0.3, 0.4) is 0 Å². The van der Waals surface area contributed by atoms with Gasteiger partial charge in [-0.3, -0.25) is 4.90 Å². The summed E-state index contributed by atoms with van der Waals surface area (Å²) in [7, 11) is -3.40. The van der Waals surface area contributed by atoms with Gasteiger partial charge in [0.1, 0.15) is 0 Å². The molecule has 108 valence electrons. The maximum atomic E-state index is 12.5. The molecule has 5 heteroatoms. The molecule has 3 saturated heterocycles. The largest absolute Gasteiger partial charge is 0.286 e. The zero-order chi connectivity index (χ0) is 13.9. The van der Waals surface area contributed by atoms with E-state index in [1.807, 2.05) is 19.1 Å². The second-order valence-electron chi connectivity index (χ2n) is 6.59. The van der Waals surface area contributed by atoms with Gasteiger partial charge >= 0.3 is 0 Å². The molecule has 4 bridgehead atoms. The van der Waals surface area contributed by atoms with Gasteiger partial charge in [-0.15, -0.1) is 0 Å². The zero-order valence-corrected chi connectivity index (χ0v) is 12.4. The van der Waals surface area contributed by atoms with Crippen LogP contribution in [0.2, 0.25) is 0 Å². The van der Waals surface area contributed by atoms with Gasteiger partial charge in [-0.05, 0) is 49.7 Å². The summed E-state index contributed by atoms with van der Waals surface area (Å²) in [6.45, 7) is 4.10. The van der Waals surface area contributed by atoms with Gasteiger partial charge in [-0.2, -0.15) is 4.72 Å². The van der Waals surface area contributed by atoms with E-state index in [0.29, 0.717) is 16.7 Å². The lowest BCUT2D eigenvalue weighted by molar-refractivity contribution is 0.127. The average molecular weight is 292 g/mol. The standard InChI is InChI=1S/C15H20N2O2S/c1-10-2-4-13(5-3-10)20(18,19)16-15-14-7-11-6-12(14)9-17(15)8-11/h2-5,11-12,14-16H,6-9H2,1H3. The van der Waals surface area contributed by atoms with E-state index in [4.69, 9.17) is 0 Å². The molecule has 1 saturated carbocycles. The van der Waals surface area contributed by atoms with Gasteiger partial charge in [-0.1, -0.05) is 17.7 Å². The second-order valence-corrected chi connectivity index (χ2v) is 8.31. The SMILES string of the molecule is Cc1ccc(S(=O)(=O)NC2C3CC4CC3CN2C4)cc1. The van der Waals surface area contributed by atoms with Crippen LogP contribution in [0.25, 0.3) is 0 Å². The molecule has 5 atom stereocenters. The molecule has 1 aromatic rings. The minimum absolute atomic E-state index is 0.0186. The first-order chi connectivity index (χ1) is 9.53. The summed E-state index contributed by atoms with van der Waals surface area (Å²) in [5.74, 6) is 2.03. The number of nitrogens with zero attached hydrogens (tertiary/aromatic N) is 1. The van der Waals surface area contributed by atoms with Gasteiger partial charge in [0.2, 0.25) is 10.0 Å². The van der Waals surface area contributed by atoms with Crippen molar-refractivity contribution < 1.29 is 8.42 Å². The molecule has 1 aromatic carbocycles. The fraction of sp³-hybridized carbons (Fsp3) is 0.600. The van der Waals surface area contributed by atoms with Gasteiger partial charge in [-0.25, -0.2) is 8.42 Å². The number of nitrogens with one attached hydrogen (secondary N) is 1. The molecule has 5 unspecified atom stereocenters. The third kappa shape index (κ3) is 1.91. The molecule has 1 N–H and O–H groups in total. The maximum Gasteiger partial charge on any atom is 0.241 e. The Kier molecular flexibility index (Phi) is 2.75. The quantitative estimate of drug-likeness (QED) is 0.920. The highest BCUT2D eigenvalue weighted by Crippen LogP contribution is 2.50. The Balaban J connectivity index is 1.58. The van der Waals surface area contributed by atoms with E-state index in [0.717, 1.165) is 24.6 Å². The Hall–Kier alpha value is -0.910. The lowest BCUT2D eigenvalue weighted by Crippen LogP contribution is -2.51. The highest BCUT2D eigenvalue weighted by atomic mass is 32.2. The minimum atomic E-state index is -3.40. The van der Waals surface area contributed by atoms with Gasteiger partial charge < -0.3 is 0 Å². The lowest BCUT2D eigenvalue weighted by atomic mass is 9.98. The van der Waals surface area contributed by atoms with Gasteiger partial charge in [0.15, 0.2) is 0 Å². The van der Waals surface area contributed by atoms with Gasteiger partial charge in [0.25, 0.3) is 0 Å². The Morgan fingerprint density at radius 3 is 2.60 bits per heavy atom. The molecule has 0 spiro atoms. The molecule has 4 nitrogen and oxygen atoms in total. The van der Waals surface area contributed by atoms with E-state index < -0.39 is 10.0 Å². The summed E-state index contributed by atoms with van der Waals surface area (Å²) in [4.78, 5) is 2.71. The summed E-state index contributed by atoms with van der Waals surface area (Å²) >= 11 is 0. The molecule has 20 heavy (non-hydrogen) atoms. The first-order valence-corrected chi connectivity index (χ1v) is 8.84. The summed E-state index contributed by atoms with van der Waals surface area (Å²) in [6, 6.07) is 7.08. The van der Waals surface area contributed by atoms with Crippen molar-refractivity contribution in [2.45, 2.75) is 30.8 Å². The molecule has 1 aliphatic carbocycles. The number of aryl methyl sites for hydroxylation is 1. The predicted molar refractivity (Wildman–Crippen MR) is 76.6 cm³/mol. The smallest absolute Gasteiger partial charge is 0.241 e. The molecule has 0 radical (unpaired) electrons. The maximum absolute atomic E-state index is 12.5. The first kappa shape index (κ1) is 12.8. The highest BCUT2D eigenvalue weighted by Gasteiger charge is 2.53. The first-order valence-electron chi connectivity index (χ1n) is 7.36. The van der Waals surface area contributed by atoms with Crippen LogP contribution in [0.15, 0.2) is 29.2 Å². The van der Waals surface area contributed by atoms with Crippen molar-refractivity contribution in [1.82, 2.24) is 9.62 Å². The van der Waals surface area contributed by atoms with Crippen LogP contribution in [0.4, 0.5) is 0 Å². The number of rotatable bonds is 3. The molecule has 0 amide bonds. The number of hydrogen-bond acceptors (Lipinski definition) is 3. The second kappa shape index (κ2) is 4.29. The average Bonchev–Trinajstić information content (AvgIpc) is 2.81. The number of sulfonamides is 1. The number of piperidine rings is 2. The molecular formula is C15H20N2O2S. The van der Waals surface area contributed by atoms with E-state index in [9.17, 15) is 8.42 Å². The van der Waals surface area contributed by atoms with Gasteiger partial charge in [0, 0.05) is 13.1 Å². The van der Waals surface area contributed by atoms with Gasteiger partial charge in [0.05, 0.1) is 11.1 Å². The van der Waals surface area contributed by atoms with Crippen molar-refractivity contribution in [2.75, 3.05) is 13.1 Å². The summed E-state index contributed by atoms with van der Waals surface area (Å²) in [5, 5.41) is 0. The fourth-order valence-electron chi connectivity index (χ4n) is 4.33. The number of hydrogen-bond donors (Lipinski definition) is 1. The molecule has 4 aliphatic rings. The summed E-state index contributed by atoms with van der Waals surface area (Å²) in [5.41, 5.74) is 1.08. The molecule has 4 fully saturated rings. The third-order valence-electron chi connectivity index (χ3n) is 5.21. The highest BCUT2D eigenvalue weighted by molar-refractivity contribution is 7.89. The van der Waals surface area contributed by atoms with Crippen LogP contribution in [-0.4, -0.2) is 32.6 Å². The van der Waals surface area contributed by atoms with Crippen LogP contribution in [0.1, 0.15) is 18.4 Å². The number of benzene rings is 1. The van der Waals surface area contributed by atoms with E-state index in [1.165, 1.54) is 12.8 Å². The fourth-order valence-corrected chi connectivity index (χ4v) is 5.61. The molecule has 5 rings (SSSR count). The van der Waals surface area contributed by atoms with Crippen LogP contribution in [0.5, 0.6) is 0 Å². The van der Waals surface area contributed by atoms with E-state index in [1.54, 1.807) is 12.1 Å². The zero-order valence-electron chi connectivity index (χ0n) is 11.6.